The average Bonchev–Trinajstić information content (AvgIpc) is 2.84. The zero-order valence-electron chi connectivity index (χ0n) is 22.1. The van der Waals surface area contributed by atoms with Gasteiger partial charge >= 0.3 is 0 Å². The summed E-state index contributed by atoms with van der Waals surface area (Å²) in [5.74, 6) is 1.59. The summed E-state index contributed by atoms with van der Waals surface area (Å²) in [5.41, 5.74) is 0. The van der Waals surface area contributed by atoms with E-state index in [9.17, 15) is 9.90 Å². The number of carbonyl (C=O) groups is 1. The summed E-state index contributed by atoms with van der Waals surface area (Å²) in [4.78, 5) is 13.1. The minimum Gasteiger partial charge on any atom is -0.508 e. The summed E-state index contributed by atoms with van der Waals surface area (Å²) in [5, 5.41) is 12.4. The second kappa shape index (κ2) is 23.6. The standard InChI is InChI=1S/C30H53NO2S/c1-2-3-4-5-6-7-8-9-10-11-12-13-14-15-16-19-26-31-30(33)21-18-17-20-27-34-29-24-22-28(32)23-25-29/h22-25,32H,2-21,26-27H2,1H3,(H,31,33). The third-order valence-electron chi connectivity index (χ3n) is 6.51. The van der Waals surface area contributed by atoms with Gasteiger partial charge in [0.1, 0.15) is 5.75 Å². The molecule has 1 amide bonds. The Morgan fingerprint density at radius 1 is 0.676 bits per heavy atom. The van der Waals surface area contributed by atoms with Crippen LogP contribution in [-0.2, 0) is 4.79 Å². The molecular weight excluding hydrogens is 438 g/mol. The molecule has 1 rings (SSSR count). The molecule has 0 heterocycles. The molecule has 3 nitrogen and oxygen atoms in total. The van der Waals surface area contributed by atoms with Gasteiger partial charge in [0.05, 0.1) is 0 Å². The molecule has 196 valence electrons. The van der Waals surface area contributed by atoms with E-state index < -0.39 is 0 Å². The van der Waals surface area contributed by atoms with Gasteiger partial charge in [-0.1, -0.05) is 110 Å². The van der Waals surface area contributed by atoms with Crippen molar-refractivity contribution >= 4 is 17.7 Å². The fourth-order valence-electron chi connectivity index (χ4n) is 4.29. The summed E-state index contributed by atoms with van der Waals surface area (Å²) < 4.78 is 0. The van der Waals surface area contributed by atoms with Crippen molar-refractivity contribution in [2.45, 2.75) is 140 Å². The largest absolute Gasteiger partial charge is 0.508 e. The molecule has 0 atom stereocenters. The van der Waals surface area contributed by atoms with E-state index in [0.29, 0.717) is 12.2 Å². The smallest absolute Gasteiger partial charge is 0.219 e. The van der Waals surface area contributed by atoms with Gasteiger partial charge in [-0.05, 0) is 49.3 Å². The Morgan fingerprint density at radius 3 is 1.68 bits per heavy atom. The van der Waals surface area contributed by atoms with Crippen LogP contribution in [0.25, 0.3) is 0 Å². The lowest BCUT2D eigenvalue weighted by Gasteiger charge is -2.06. The van der Waals surface area contributed by atoms with Crippen molar-refractivity contribution in [2.24, 2.45) is 0 Å². The van der Waals surface area contributed by atoms with Gasteiger partial charge in [0.25, 0.3) is 0 Å². The maximum atomic E-state index is 11.9. The zero-order chi connectivity index (χ0) is 24.5. The van der Waals surface area contributed by atoms with Crippen LogP contribution in [0.5, 0.6) is 5.75 Å². The average molecular weight is 492 g/mol. The Balaban J connectivity index is 1.74. The summed E-state index contributed by atoms with van der Waals surface area (Å²) >= 11 is 1.81. The molecule has 0 aliphatic carbocycles. The van der Waals surface area contributed by atoms with E-state index in [-0.39, 0.29) is 5.91 Å². The van der Waals surface area contributed by atoms with Crippen LogP contribution in [0, 0.1) is 0 Å². The molecule has 0 aromatic heterocycles. The second-order valence-corrected chi connectivity index (χ2v) is 11.0. The van der Waals surface area contributed by atoms with Gasteiger partial charge in [-0.3, -0.25) is 4.79 Å². The summed E-state index contributed by atoms with van der Waals surface area (Å²) in [7, 11) is 0. The number of carbonyl (C=O) groups excluding carboxylic acids is 1. The molecule has 1 aromatic rings. The number of amides is 1. The number of phenols is 1. The number of benzene rings is 1. The van der Waals surface area contributed by atoms with Gasteiger partial charge < -0.3 is 10.4 Å². The summed E-state index contributed by atoms with van der Waals surface area (Å²) in [6.45, 7) is 3.13. The zero-order valence-corrected chi connectivity index (χ0v) is 22.9. The molecular formula is C30H53NO2S. The molecule has 0 aliphatic heterocycles. The lowest BCUT2D eigenvalue weighted by molar-refractivity contribution is -0.121. The molecule has 0 saturated carbocycles. The van der Waals surface area contributed by atoms with Crippen LogP contribution in [0.15, 0.2) is 29.2 Å². The van der Waals surface area contributed by atoms with Gasteiger partial charge in [-0.25, -0.2) is 0 Å². The van der Waals surface area contributed by atoms with Crippen molar-refractivity contribution in [1.82, 2.24) is 5.32 Å². The first-order valence-corrected chi connectivity index (χ1v) is 15.4. The molecule has 0 aliphatic rings. The lowest BCUT2D eigenvalue weighted by atomic mass is 10.0. The second-order valence-electron chi connectivity index (χ2n) is 9.81. The van der Waals surface area contributed by atoms with Crippen molar-refractivity contribution in [2.75, 3.05) is 12.3 Å². The SMILES string of the molecule is CCCCCCCCCCCCCCCCCCNC(=O)CCCCCSc1ccc(O)cc1. The van der Waals surface area contributed by atoms with Gasteiger partial charge in [-0.15, -0.1) is 11.8 Å². The van der Waals surface area contributed by atoms with E-state index in [4.69, 9.17) is 0 Å². The Labute approximate surface area is 215 Å². The molecule has 34 heavy (non-hydrogen) atoms. The molecule has 0 radical (unpaired) electrons. The van der Waals surface area contributed by atoms with E-state index in [1.54, 1.807) is 12.1 Å². The first kappa shape index (κ1) is 30.9. The highest BCUT2D eigenvalue weighted by Crippen LogP contribution is 2.22. The summed E-state index contributed by atoms with van der Waals surface area (Å²) in [6, 6.07) is 7.36. The Kier molecular flexibility index (Phi) is 21.4. The minimum atomic E-state index is 0.215. The van der Waals surface area contributed by atoms with E-state index in [1.165, 1.54) is 101 Å². The van der Waals surface area contributed by atoms with Crippen LogP contribution in [0.4, 0.5) is 0 Å². The van der Waals surface area contributed by atoms with Gasteiger partial charge in [0.2, 0.25) is 5.91 Å². The maximum Gasteiger partial charge on any atom is 0.219 e. The van der Waals surface area contributed by atoms with Crippen molar-refractivity contribution in [3.05, 3.63) is 24.3 Å². The van der Waals surface area contributed by atoms with E-state index >= 15 is 0 Å². The fourth-order valence-corrected chi connectivity index (χ4v) is 5.20. The third kappa shape index (κ3) is 20.2. The van der Waals surface area contributed by atoms with Crippen LogP contribution < -0.4 is 5.32 Å². The van der Waals surface area contributed by atoms with E-state index in [0.717, 1.165) is 38.0 Å². The van der Waals surface area contributed by atoms with Crippen molar-refractivity contribution in [3.63, 3.8) is 0 Å². The van der Waals surface area contributed by atoms with Crippen LogP contribution in [-0.4, -0.2) is 23.3 Å². The van der Waals surface area contributed by atoms with Crippen LogP contribution >= 0.6 is 11.8 Å². The minimum absolute atomic E-state index is 0.215. The lowest BCUT2D eigenvalue weighted by Crippen LogP contribution is -2.23. The Bertz CT molecular complexity index is 576. The maximum absolute atomic E-state index is 11.9. The topological polar surface area (TPSA) is 49.3 Å². The Hall–Kier alpha value is -1.16. The molecule has 0 bridgehead atoms. The first-order valence-electron chi connectivity index (χ1n) is 14.4. The fraction of sp³-hybridized carbons (Fsp3) is 0.767. The number of hydrogen-bond donors (Lipinski definition) is 2. The van der Waals surface area contributed by atoms with Gasteiger partial charge in [0.15, 0.2) is 0 Å². The molecule has 4 heteroatoms. The van der Waals surface area contributed by atoms with Crippen molar-refractivity contribution in [1.29, 1.82) is 0 Å². The predicted molar refractivity (Wildman–Crippen MR) is 150 cm³/mol. The molecule has 0 spiro atoms. The molecule has 0 saturated heterocycles. The number of aromatic hydroxyl groups is 1. The van der Waals surface area contributed by atoms with Crippen LogP contribution in [0.1, 0.15) is 135 Å². The van der Waals surface area contributed by atoms with Gasteiger partial charge in [0, 0.05) is 17.9 Å². The molecule has 1 aromatic carbocycles. The monoisotopic (exact) mass is 491 g/mol. The highest BCUT2D eigenvalue weighted by atomic mass is 32.2. The van der Waals surface area contributed by atoms with Crippen molar-refractivity contribution < 1.29 is 9.90 Å². The van der Waals surface area contributed by atoms with Crippen molar-refractivity contribution in [3.8, 4) is 5.75 Å². The highest BCUT2D eigenvalue weighted by molar-refractivity contribution is 7.99. The third-order valence-corrected chi connectivity index (χ3v) is 7.60. The number of hydrogen-bond acceptors (Lipinski definition) is 3. The Morgan fingerprint density at radius 2 is 1.15 bits per heavy atom. The van der Waals surface area contributed by atoms with E-state index in [1.807, 2.05) is 23.9 Å². The number of phenolic OH excluding ortho intramolecular Hbond substituents is 1. The van der Waals surface area contributed by atoms with Crippen LogP contribution in [0.2, 0.25) is 0 Å². The quantitative estimate of drug-likeness (QED) is 0.112. The van der Waals surface area contributed by atoms with E-state index in [2.05, 4.69) is 12.2 Å². The highest BCUT2D eigenvalue weighted by Gasteiger charge is 2.01. The summed E-state index contributed by atoms with van der Waals surface area (Å²) in [6.07, 6.45) is 25.9. The number of nitrogens with one attached hydrogen (secondary N) is 1. The first-order chi connectivity index (χ1) is 16.7. The number of rotatable bonds is 24. The van der Waals surface area contributed by atoms with Gasteiger partial charge in [-0.2, -0.15) is 0 Å². The molecule has 0 fully saturated rings. The molecule has 0 unspecified atom stereocenters. The normalized spacial score (nSPS) is 11.1. The predicted octanol–water partition coefficient (Wildman–Crippen LogP) is 9.42. The molecule has 2 N–H and O–H groups in total. The number of thioether (sulfide) groups is 1. The number of unbranched alkanes of at least 4 members (excludes halogenated alkanes) is 17. The van der Waals surface area contributed by atoms with Crippen LogP contribution in [0.3, 0.4) is 0 Å².